The molecule has 0 aliphatic carbocycles. The molecule has 1 aliphatic heterocycles. The minimum absolute atomic E-state index is 0.197. The number of carboxylic acid groups (broad SMARTS) is 1. The van der Waals surface area contributed by atoms with Crippen molar-refractivity contribution in [1.29, 1.82) is 0 Å². The van der Waals surface area contributed by atoms with Gasteiger partial charge in [0.05, 0.1) is 15.8 Å². The normalized spacial score (nSPS) is 16.8. The zero-order chi connectivity index (χ0) is 18.5. The molecule has 1 fully saturated rings. The molecule has 7 nitrogen and oxygen atoms in total. The van der Waals surface area contributed by atoms with Gasteiger partial charge in [0.2, 0.25) is 0 Å². The molecule has 136 valence electrons. The van der Waals surface area contributed by atoms with Crippen molar-refractivity contribution in [2.45, 2.75) is 12.8 Å². The Morgan fingerprint density at radius 2 is 1.85 bits per heavy atom. The molecule has 1 aromatic carbocycles. The van der Waals surface area contributed by atoms with Gasteiger partial charge in [0.1, 0.15) is 0 Å². The number of aliphatic carboxylic acids is 1. The molecule has 0 radical (unpaired) electrons. The Kier molecular flexibility index (Phi) is 5.52. The first-order valence-electron chi connectivity index (χ1n) is 8.28. The highest BCUT2D eigenvalue weighted by molar-refractivity contribution is 7.18. The van der Waals surface area contributed by atoms with Crippen LogP contribution in [0.15, 0.2) is 42.5 Å². The van der Waals surface area contributed by atoms with E-state index in [0.29, 0.717) is 35.0 Å². The van der Waals surface area contributed by atoms with Crippen LogP contribution in [-0.2, 0) is 4.79 Å². The van der Waals surface area contributed by atoms with Crippen LogP contribution in [0.4, 0.5) is 15.5 Å². The largest absolute Gasteiger partial charge is 0.481 e. The van der Waals surface area contributed by atoms with E-state index >= 15 is 0 Å². The molecule has 0 saturated carbocycles. The van der Waals surface area contributed by atoms with E-state index in [2.05, 4.69) is 10.6 Å². The number of anilines is 2. The topological polar surface area (TPSA) is 98.7 Å². The van der Waals surface area contributed by atoms with Crippen molar-refractivity contribution in [1.82, 2.24) is 4.90 Å². The second kappa shape index (κ2) is 8.01. The zero-order valence-electron chi connectivity index (χ0n) is 14.0. The fourth-order valence-corrected chi connectivity index (χ4v) is 3.70. The Morgan fingerprint density at radius 1 is 1.08 bits per heavy atom. The minimum atomic E-state index is -0.867. The molecule has 2 heterocycles. The highest BCUT2D eigenvalue weighted by atomic mass is 32.1. The molecule has 3 N–H and O–H groups in total. The number of rotatable bonds is 4. The third-order valence-corrected chi connectivity index (χ3v) is 5.13. The number of hydrogen-bond acceptors (Lipinski definition) is 4. The van der Waals surface area contributed by atoms with Crippen LogP contribution >= 0.6 is 11.3 Å². The molecule has 0 unspecified atom stereocenters. The molecule has 0 bridgehead atoms. The minimum Gasteiger partial charge on any atom is -0.481 e. The maximum atomic E-state index is 12.6. The van der Waals surface area contributed by atoms with Gasteiger partial charge >= 0.3 is 12.0 Å². The van der Waals surface area contributed by atoms with Crippen LogP contribution in [0.25, 0.3) is 0 Å². The van der Waals surface area contributed by atoms with Gasteiger partial charge in [-0.05, 0) is 37.1 Å². The summed E-state index contributed by atoms with van der Waals surface area (Å²) in [6.07, 6.45) is 1.27. The third-order valence-electron chi connectivity index (χ3n) is 4.14. The Bertz CT molecular complexity index is 806. The van der Waals surface area contributed by atoms with E-state index in [4.69, 9.17) is 5.11 Å². The molecular weight excluding hydrogens is 354 g/mol. The summed E-state index contributed by atoms with van der Waals surface area (Å²) < 4.78 is 0. The van der Waals surface area contributed by atoms with Crippen molar-refractivity contribution in [3.8, 4) is 0 Å². The fourth-order valence-electron chi connectivity index (χ4n) is 2.83. The van der Waals surface area contributed by atoms with E-state index in [1.807, 2.05) is 18.2 Å². The first-order chi connectivity index (χ1) is 12.5. The van der Waals surface area contributed by atoms with Crippen molar-refractivity contribution >= 4 is 39.9 Å². The lowest BCUT2D eigenvalue weighted by atomic mass is 9.98. The Labute approximate surface area is 154 Å². The fraction of sp³-hybridized carbons (Fsp3) is 0.278. The van der Waals surface area contributed by atoms with Crippen LogP contribution in [0, 0.1) is 5.92 Å². The number of thiophene rings is 1. The van der Waals surface area contributed by atoms with E-state index in [1.54, 1.807) is 29.2 Å². The molecule has 1 saturated heterocycles. The summed E-state index contributed by atoms with van der Waals surface area (Å²) >= 11 is 1.17. The van der Waals surface area contributed by atoms with Crippen molar-refractivity contribution < 1.29 is 19.5 Å². The van der Waals surface area contributed by atoms with Crippen LogP contribution in [0.3, 0.4) is 0 Å². The van der Waals surface area contributed by atoms with Crippen molar-refractivity contribution in [3.63, 3.8) is 0 Å². The summed E-state index contributed by atoms with van der Waals surface area (Å²) in [7, 11) is 0. The predicted octanol–water partition coefficient (Wildman–Crippen LogP) is 3.33. The Balaban J connectivity index is 1.59. The predicted molar refractivity (Wildman–Crippen MR) is 99.7 cm³/mol. The lowest BCUT2D eigenvalue weighted by Gasteiger charge is -2.30. The maximum Gasteiger partial charge on any atom is 0.324 e. The molecule has 1 aliphatic rings. The second-order valence-electron chi connectivity index (χ2n) is 6.04. The summed E-state index contributed by atoms with van der Waals surface area (Å²) in [5, 5.41) is 15.1. The molecule has 3 rings (SSSR count). The van der Waals surface area contributed by atoms with E-state index in [9.17, 15) is 14.4 Å². The first kappa shape index (κ1) is 17.9. The number of piperidine rings is 1. The quantitative estimate of drug-likeness (QED) is 0.765. The van der Waals surface area contributed by atoms with Crippen LogP contribution in [0.2, 0.25) is 0 Å². The van der Waals surface area contributed by atoms with Gasteiger partial charge in [-0.25, -0.2) is 4.79 Å². The highest BCUT2D eigenvalue weighted by Gasteiger charge is 2.29. The van der Waals surface area contributed by atoms with Gasteiger partial charge in [0.25, 0.3) is 5.91 Å². The number of nitrogens with zero attached hydrogens (tertiary/aromatic N) is 1. The molecular formula is C18H19N3O4S. The average molecular weight is 373 g/mol. The van der Waals surface area contributed by atoms with Gasteiger partial charge in [0, 0.05) is 18.8 Å². The smallest absolute Gasteiger partial charge is 0.324 e. The molecule has 1 atom stereocenters. The van der Waals surface area contributed by atoms with E-state index in [0.717, 1.165) is 0 Å². The maximum absolute atomic E-state index is 12.6. The molecule has 26 heavy (non-hydrogen) atoms. The summed E-state index contributed by atoms with van der Waals surface area (Å²) in [5.41, 5.74) is 0.672. The van der Waals surface area contributed by atoms with Crippen molar-refractivity contribution in [2.24, 2.45) is 5.92 Å². The zero-order valence-corrected chi connectivity index (χ0v) is 14.8. The molecule has 0 spiro atoms. The number of urea groups is 1. The van der Waals surface area contributed by atoms with Crippen LogP contribution in [0.1, 0.15) is 22.5 Å². The summed E-state index contributed by atoms with van der Waals surface area (Å²) in [6.45, 7) is 0.779. The molecule has 1 aromatic heterocycles. The van der Waals surface area contributed by atoms with E-state index in [-0.39, 0.29) is 18.5 Å². The van der Waals surface area contributed by atoms with E-state index in [1.165, 1.54) is 11.3 Å². The second-order valence-corrected chi connectivity index (χ2v) is 7.12. The number of carboxylic acids is 1. The number of amides is 3. The molecule has 8 heteroatoms. The number of hydrogen-bond donors (Lipinski definition) is 3. The summed E-state index contributed by atoms with van der Waals surface area (Å²) in [4.78, 5) is 37.8. The van der Waals surface area contributed by atoms with Crippen molar-refractivity contribution in [2.75, 3.05) is 23.7 Å². The van der Waals surface area contributed by atoms with Crippen LogP contribution < -0.4 is 10.6 Å². The number of para-hydroxylation sites is 1. The SMILES string of the molecule is O=C(Nc1ccccc1)Nc1ccc(C(=O)N2CCC[C@H](C(=O)O)C2)s1. The van der Waals surface area contributed by atoms with Gasteiger partial charge in [0.15, 0.2) is 0 Å². The first-order valence-corrected chi connectivity index (χ1v) is 9.09. The van der Waals surface area contributed by atoms with Crippen LogP contribution in [-0.4, -0.2) is 41.0 Å². The van der Waals surface area contributed by atoms with E-state index < -0.39 is 11.9 Å². The molecule has 2 aromatic rings. The van der Waals surface area contributed by atoms with Gasteiger partial charge < -0.3 is 15.3 Å². The number of benzene rings is 1. The van der Waals surface area contributed by atoms with Crippen molar-refractivity contribution in [3.05, 3.63) is 47.3 Å². The Hall–Kier alpha value is -2.87. The van der Waals surface area contributed by atoms with Gasteiger partial charge in [-0.15, -0.1) is 11.3 Å². The average Bonchev–Trinajstić information content (AvgIpc) is 3.10. The van der Waals surface area contributed by atoms with Crippen LogP contribution in [0.5, 0.6) is 0 Å². The number of carbonyl (C=O) groups is 3. The monoisotopic (exact) mass is 373 g/mol. The van der Waals surface area contributed by atoms with Gasteiger partial charge in [-0.3, -0.25) is 14.9 Å². The number of likely N-dealkylation sites (tertiary alicyclic amines) is 1. The lowest BCUT2D eigenvalue weighted by molar-refractivity contribution is -0.143. The summed E-state index contributed by atoms with van der Waals surface area (Å²) in [6, 6.07) is 12.0. The number of nitrogens with one attached hydrogen (secondary N) is 2. The highest BCUT2D eigenvalue weighted by Crippen LogP contribution is 2.26. The lowest BCUT2D eigenvalue weighted by Crippen LogP contribution is -2.42. The van der Waals surface area contributed by atoms with Gasteiger partial charge in [-0.2, -0.15) is 0 Å². The third kappa shape index (κ3) is 4.40. The molecule has 3 amide bonds. The summed E-state index contributed by atoms with van der Waals surface area (Å²) in [5.74, 6) is -1.58. The Morgan fingerprint density at radius 3 is 2.58 bits per heavy atom. The van der Waals surface area contributed by atoms with Gasteiger partial charge in [-0.1, -0.05) is 18.2 Å². The standard InChI is InChI=1S/C18H19N3O4S/c22-16(21-10-4-5-12(11-21)17(23)24)14-8-9-15(26-14)20-18(25)19-13-6-2-1-3-7-13/h1-3,6-9,12H,4-5,10-11H2,(H,23,24)(H2,19,20,25)/t12-/m0/s1. The number of carbonyl (C=O) groups excluding carboxylic acids is 2.